The number of hydrogen-bond donors (Lipinski definition) is 3. The predicted molar refractivity (Wildman–Crippen MR) is 126 cm³/mol. The van der Waals surface area contributed by atoms with Crippen LogP contribution in [0.4, 0.5) is 10.6 Å². The Bertz CT molecular complexity index is 1100. The van der Waals surface area contributed by atoms with Crippen LogP contribution in [0, 0.1) is 5.92 Å². The van der Waals surface area contributed by atoms with Gasteiger partial charge in [0, 0.05) is 11.9 Å². The highest BCUT2D eigenvalue weighted by molar-refractivity contribution is 5.91. The van der Waals surface area contributed by atoms with Crippen LogP contribution >= 0.6 is 0 Å². The van der Waals surface area contributed by atoms with Gasteiger partial charge in [-0.05, 0) is 35.7 Å². The molecule has 174 valence electrons. The number of para-hydroxylation sites is 1. The zero-order chi connectivity index (χ0) is 23.8. The smallest absolute Gasteiger partial charge is 0.328 e. The monoisotopic (exact) mass is 451 g/mol. The minimum atomic E-state index is -0.568. The fourth-order valence-electron chi connectivity index (χ4n) is 3.23. The highest BCUT2D eigenvalue weighted by Gasteiger charge is 2.24. The van der Waals surface area contributed by atoms with E-state index in [0.717, 1.165) is 16.7 Å². The molecule has 3 aromatic rings. The largest absolute Gasteiger partial charge is 0.497 e. The van der Waals surface area contributed by atoms with E-state index in [-0.39, 0.29) is 24.5 Å². The number of amides is 2. The van der Waals surface area contributed by atoms with Crippen LogP contribution in [-0.2, 0) is 22.6 Å². The molecule has 3 N–H and O–H groups in total. The lowest BCUT2D eigenvalue weighted by atomic mass is 10.0. The van der Waals surface area contributed by atoms with Crippen molar-refractivity contribution in [2.24, 2.45) is 5.92 Å². The summed E-state index contributed by atoms with van der Waals surface area (Å²) in [6, 6.07) is 14.0. The number of carbonyl (C=O) groups excluding carboxylic acids is 2. The molecule has 9 heteroatoms. The molecule has 0 spiro atoms. The van der Waals surface area contributed by atoms with Crippen molar-refractivity contribution in [1.29, 1.82) is 0 Å². The SMILES string of the molecule is COC(=O)[C@@H](Nc1nc(CNC(=O)NCc2ccc(OC)cc2)nc2ccccc12)C(C)C. The molecule has 0 bridgehead atoms. The number of carbonyl (C=O) groups is 2. The van der Waals surface area contributed by atoms with Crippen molar-refractivity contribution in [3.63, 3.8) is 0 Å². The van der Waals surface area contributed by atoms with Crippen LogP contribution in [0.3, 0.4) is 0 Å². The number of fused-ring (bicyclic) bond motifs is 1. The van der Waals surface area contributed by atoms with Crippen LogP contribution in [0.5, 0.6) is 5.75 Å². The molecule has 1 heterocycles. The molecule has 0 unspecified atom stereocenters. The Labute approximate surface area is 192 Å². The molecule has 2 aromatic carbocycles. The number of nitrogens with zero attached hydrogens (tertiary/aromatic N) is 2. The summed E-state index contributed by atoms with van der Waals surface area (Å²) >= 11 is 0. The molecule has 0 fully saturated rings. The second-order valence-corrected chi connectivity index (χ2v) is 7.78. The summed E-state index contributed by atoms with van der Waals surface area (Å²) in [5.41, 5.74) is 1.65. The first-order chi connectivity index (χ1) is 15.9. The molecule has 1 atom stereocenters. The number of ether oxygens (including phenoxy) is 2. The summed E-state index contributed by atoms with van der Waals surface area (Å²) in [5.74, 6) is 1.30. The van der Waals surface area contributed by atoms with E-state index in [2.05, 4.69) is 25.9 Å². The standard InChI is InChI=1S/C24H29N5O4/c1-15(2)21(23(30)33-4)29-22-18-7-5-6-8-19(18)27-20(28-22)14-26-24(31)25-13-16-9-11-17(32-3)12-10-16/h5-12,15,21H,13-14H2,1-4H3,(H2,25,26,31)(H,27,28,29)/t21-/m0/s1. The van der Waals surface area contributed by atoms with Gasteiger partial charge in [0.05, 0.1) is 26.3 Å². The quantitative estimate of drug-likeness (QED) is 0.428. The fourth-order valence-corrected chi connectivity index (χ4v) is 3.23. The van der Waals surface area contributed by atoms with Gasteiger partial charge in [0.25, 0.3) is 0 Å². The van der Waals surface area contributed by atoms with Crippen molar-refractivity contribution in [2.75, 3.05) is 19.5 Å². The van der Waals surface area contributed by atoms with Crippen molar-refractivity contribution >= 4 is 28.7 Å². The first-order valence-electron chi connectivity index (χ1n) is 10.7. The topological polar surface area (TPSA) is 114 Å². The van der Waals surface area contributed by atoms with Gasteiger partial charge in [-0.1, -0.05) is 38.1 Å². The van der Waals surface area contributed by atoms with Gasteiger partial charge < -0.3 is 25.4 Å². The summed E-state index contributed by atoms with van der Waals surface area (Å²) in [6.07, 6.45) is 0. The first kappa shape index (κ1) is 23.8. The molecule has 2 amide bonds. The van der Waals surface area contributed by atoms with Crippen LogP contribution in [0.2, 0.25) is 0 Å². The lowest BCUT2D eigenvalue weighted by Crippen LogP contribution is -2.36. The van der Waals surface area contributed by atoms with Crippen LogP contribution in [0.1, 0.15) is 25.2 Å². The Hall–Kier alpha value is -3.88. The number of benzene rings is 2. The van der Waals surface area contributed by atoms with E-state index < -0.39 is 6.04 Å². The molecule has 3 rings (SSSR count). The van der Waals surface area contributed by atoms with Crippen molar-refractivity contribution in [3.8, 4) is 5.75 Å². The van der Waals surface area contributed by atoms with Gasteiger partial charge in [0.2, 0.25) is 0 Å². The van der Waals surface area contributed by atoms with Crippen LogP contribution in [-0.4, -0.2) is 42.2 Å². The molecular formula is C24H29N5O4. The second kappa shape index (κ2) is 11.1. The number of anilines is 1. The molecule has 0 radical (unpaired) electrons. The Morgan fingerprint density at radius 3 is 2.30 bits per heavy atom. The molecule has 0 aliphatic carbocycles. The van der Waals surface area contributed by atoms with Crippen molar-refractivity contribution in [2.45, 2.75) is 33.0 Å². The molecule has 33 heavy (non-hydrogen) atoms. The Balaban J connectivity index is 1.69. The predicted octanol–water partition coefficient (Wildman–Crippen LogP) is 3.25. The zero-order valence-electron chi connectivity index (χ0n) is 19.2. The van der Waals surface area contributed by atoms with Crippen LogP contribution in [0.25, 0.3) is 10.9 Å². The maximum absolute atomic E-state index is 12.3. The lowest BCUT2D eigenvalue weighted by molar-refractivity contribution is -0.142. The van der Waals surface area contributed by atoms with Gasteiger partial charge in [-0.15, -0.1) is 0 Å². The third kappa shape index (κ3) is 6.31. The Morgan fingerprint density at radius 1 is 0.939 bits per heavy atom. The van der Waals surface area contributed by atoms with Gasteiger partial charge in [-0.2, -0.15) is 0 Å². The average molecular weight is 452 g/mol. The van der Waals surface area contributed by atoms with Crippen molar-refractivity contribution < 1.29 is 19.1 Å². The molecule has 9 nitrogen and oxygen atoms in total. The summed E-state index contributed by atoms with van der Waals surface area (Å²) < 4.78 is 10.1. The minimum Gasteiger partial charge on any atom is -0.497 e. The Kier molecular flexibility index (Phi) is 8.01. The van der Waals surface area contributed by atoms with Crippen molar-refractivity contribution in [1.82, 2.24) is 20.6 Å². The number of aromatic nitrogens is 2. The highest BCUT2D eigenvalue weighted by atomic mass is 16.5. The van der Waals surface area contributed by atoms with Gasteiger partial charge in [-0.25, -0.2) is 19.6 Å². The number of nitrogens with one attached hydrogen (secondary N) is 3. The minimum absolute atomic E-state index is 0.0171. The maximum Gasteiger partial charge on any atom is 0.328 e. The fraction of sp³-hybridized carbons (Fsp3) is 0.333. The average Bonchev–Trinajstić information content (AvgIpc) is 2.84. The molecule has 1 aromatic heterocycles. The summed E-state index contributed by atoms with van der Waals surface area (Å²) in [7, 11) is 2.96. The van der Waals surface area contributed by atoms with Gasteiger partial charge in [-0.3, -0.25) is 0 Å². The van der Waals surface area contributed by atoms with Gasteiger partial charge >= 0.3 is 12.0 Å². The first-order valence-corrected chi connectivity index (χ1v) is 10.7. The van der Waals surface area contributed by atoms with E-state index in [0.29, 0.717) is 23.7 Å². The number of esters is 1. The summed E-state index contributed by atoms with van der Waals surface area (Å²) in [5, 5.41) is 9.55. The van der Waals surface area contributed by atoms with Crippen LogP contribution < -0.4 is 20.7 Å². The molecule has 0 aliphatic heterocycles. The van der Waals surface area contributed by atoms with E-state index in [1.807, 2.05) is 62.4 Å². The lowest BCUT2D eigenvalue weighted by Gasteiger charge is -2.21. The third-order valence-corrected chi connectivity index (χ3v) is 5.08. The normalized spacial score (nSPS) is 11.7. The number of urea groups is 1. The maximum atomic E-state index is 12.3. The van der Waals surface area contributed by atoms with E-state index in [4.69, 9.17) is 9.47 Å². The van der Waals surface area contributed by atoms with E-state index in [9.17, 15) is 9.59 Å². The van der Waals surface area contributed by atoms with Gasteiger partial charge in [0.15, 0.2) is 5.82 Å². The van der Waals surface area contributed by atoms with Crippen LogP contribution in [0.15, 0.2) is 48.5 Å². The van der Waals surface area contributed by atoms with E-state index in [1.165, 1.54) is 7.11 Å². The third-order valence-electron chi connectivity index (χ3n) is 5.08. The number of hydrogen-bond acceptors (Lipinski definition) is 7. The molecule has 0 saturated carbocycles. The Morgan fingerprint density at radius 2 is 1.64 bits per heavy atom. The second-order valence-electron chi connectivity index (χ2n) is 7.78. The number of rotatable bonds is 9. The van der Waals surface area contributed by atoms with E-state index >= 15 is 0 Å². The molecule has 0 aliphatic rings. The summed E-state index contributed by atoms with van der Waals surface area (Å²) in [4.78, 5) is 33.6. The van der Waals surface area contributed by atoms with Crippen molar-refractivity contribution in [3.05, 3.63) is 59.9 Å². The molecular weight excluding hydrogens is 422 g/mol. The zero-order valence-corrected chi connectivity index (χ0v) is 19.2. The van der Waals surface area contributed by atoms with Gasteiger partial charge in [0.1, 0.15) is 17.6 Å². The number of methoxy groups -OCH3 is 2. The molecule has 0 saturated heterocycles. The van der Waals surface area contributed by atoms with E-state index in [1.54, 1.807) is 7.11 Å². The highest BCUT2D eigenvalue weighted by Crippen LogP contribution is 2.22. The summed E-state index contributed by atoms with van der Waals surface area (Å²) in [6.45, 7) is 4.34.